The van der Waals surface area contributed by atoms with Crippen LogP contribution in [0.2, 0.25) is 0 Å². The van der Waals surface area contributed by atoms with Crippen molar-refractivity contribution in [3.8, 4) is 0 Å². The monoisotopic (exact) mass is 222 g/mol. The van der Waals surface area contributed by atoms with Gasteiger partial charge in [0.15, 0.2) is 0 Å². The molecule has 86 valence electrons. The van der Waals surface area contributed by atoms with Crippen molar-refractivity contribution in [2.75, 3.05) is 19.6 Å². The van der Waals surface area contributed by atoms with Gasteiger partial charge in [-0.2, -0.15) is 13.2 Å². The zero-order chi connectivity index (χ0) is 11.1. The number of carbonyl (C=O) groups is 1. The SMILES string of the molecule is O=C(N1CC2CCC(C1)NC2)C(F)(F)F. The van der Waals surface area contributed by atoms with Crippen molar-refractivity contribution in [3.05, 3.63) is 0 Å². The van der Waals surface area contributed by atoms with E-state index in [1.54, 1.807) is 0 Å². The molecule has 3 heterocycles. The number of hydrogen-bond acceptors (Lipinski definition) is 2. The number of nitrogens with one attached hydrogen (secondary N) is 1. The zero-order valence-electron chi connectivity index (χ0n) is 8.18. The second kappa shape index (κ2) is 3.66. The predicted molar refractivity (Wildman–Crippen MR) is 47.1 cm³/mol. The van der Waals surface area contributed by atoms with Crippen LogP contribution in [0.3, 0.4) is 0 Å². The van der Waals surface area contributed by atoms with Gasteiger partial charge in [-0.1, -0.05) is 0 Å². The number of amides is 1. The largest absolute Gasteiger partial charge is 0.471 e. The Hall–Kier alpha value is -0.780. The maximum Gasteiger partial charge on any atom is 0.471 e. The van der Waals surface area contributed by atoms with Gasteiger partial charge in [0.05, 0.1) is 0 Å². The first-order valence-electron chi connectivity index (χ1n) is 5.06. The molecule has 15 heavy (non-hydrogen) atoms. The third kappa shape index (κ3) is 2.25. The summed E-state index contributed by atoms with van der Waals surface area (Å²) < 4.78 is 36.7. The molecular formula is C9H13F3N2O. The summed E-state index contributed by atoms with van der Waals surface area (Å²) in [5.74, 6) is -1.52. The van der Waals surface area contributed by atoms with Gasteiger partial charge >= 0.3 is 12.1 Å². The summed E-state index contributed by atoms with van der Waals surface area (Å²) in [5.41, 5.74) is 0. The minimum absolute atomic E-state index is 0.0371. The zero-order valence-corrected chi connectivity index (χ0v) is 8.18. The van der Waals surface area contributed by atoms with Gasteiger partial charge in [-0.15, -0.1) is 0 Å². The number of hydrogen-bond donors (Lipinski definition) is 1. The lowest BCUT2D eigenvalue weighted by molar-refractivity contribution is -0.185. The Balaban J connectivity index is 2.07. The van der Waals surface area contributed by atoms with Gasteiger partial charge in [0, 0.05) is 19.1 Å². The van der Waals surface area contributed by atoms with E-state index in [1.165, 1.54) is 0 Å². The molecule has 2 bridgehead atoms. The van der Waals surface area contributed by atoms with Crippen LogP contribution < -0.4 is 5.32 Å². The molecule has 0 aromatic rings. The topological polar surface area (TPSA) is 32.3 Å². The highest BCUT2D eigenvalue weighted by Gasteiger charge is 2.44. The van der Waals surface area contributed by atoms with Gasteiger partial charge in [-0.3, -0.25) is 4.79 Å². The van der Waals surface area contributed by atoms with Crippen LogP contribution in [0.4, 0.5) is 13.2 Å². The number of rotatable bonds is 0. The predicted octanol–water partition coefficient (Wildman–Crippen LogP) is 0.759. The van der Waals surface area contributed by atoms with Crippen LogP contribution in [-0.2, 0) is 4.79 Å². The summed E-state index contributed by atoms with van der Waals surface area (Å²) in [5, 5.41) is 3.16. The Morgan fingerprint density at radius 2 is 2.00 bits per heavy atom. The molecule has 1 N–H and O–H groups in total. The van der Waals surface area contributed by atoms with Crippen molar-refractivity contribution in [1.29, 1.82) is 0 Å². The average molecular weight is 222 g/mol. The van der Waals surface area contributed by atoms with Gasteiger partial charge < -0.3 is 10.2 Å². The van der Waals surface area contributed by atoms with Crippen LogP contribution in [-0.4, -0.2) is 42.7 Å². The first-order chi connectivity index (χ1) is 6.97. The van der Waals surface area contributed by atoms with E-state index in [9.17, 15) is 18.0 Å². The van der Waals surface area contributed by atoms with Crippen molar-refractivity contribution >= 4 is 5.91 Å². The Bertz CT molecular complexity index is 245. The highest BCUT2D eigenvalue weighted by Crippen LogP contribution is 2.25. The van der Waals surface area contributed by atoms with Crippen molar-refractivity contribution in [2.24, 2.45) is 5.92 Å². The normalized spacial score (nSPS) is 31.5. The highest BCUT2D eigenvalue weighted by atomic mass is 19.4. The van der Waals surface area contributed by atoms with E-state index in [4.69, 9.17) is 0 Å². The molecule has 2 unspecified atom stereocenters. The van der Waals surface area contributed by atoms with Gasteiger partial charge in [-0.25, -0.2) is 0 Å². The lowest BCUT2D eigenvalue weighted by Crippen LogP contribution is -2.45. The quantitative estimate of drug-likeness (QED) is 0.656. The van der Waals surface area contributed by atoms with Crippen LogP contribution in [0, 0.1) is 5.92 Å². The smallest absolute Gasteiger partial charge is 0.333 e. The van der Waals surface area contributed by atoms with Gasteiger partial charge in [0.1, 0.15) is 0 Å². The Kier molecular flexibility index (Phi) is 2.62. The molecule has 0 aromatic carbocycles. The summed E-state index contributed by atoms with van der Waals surface area (Å²) in [4.78, 5) is 12.0. The summed E-state index contributed by atoms with van der Waals surface area (Å²) in [7, 11) is 0. The third-order valence-electron chi connectivity index (χ3n) is 3.07. The molecule has 3 aliphatic heterocycles. The highest BCUT2D eigenvalue weighted by molar-refractivity contribution is 5.82. The van der Waals surface area contributed by atoms with Gasteiger partial charge in [0.2, 0.25) is 0 Å². The van der Waals surface area contributed by atoms with Crippen LogP contribution in [0.1, 0.15) is 12.8 Å². The van der Waals surface area contributed by atoms with E-state index in [0.29, 0.717) is 0 Å². The van der Waals surface area contributed by atoms with Crippen LogP contribution in [0.15, 0.2) is 0 Å². The number of nitrogens with zero attached hydrogens (tertiary/aromatic N) is 1. The second-order valence-electron chi connectivity index (χ2n) is 4.26. The van der Waals surface area contributed by atoms with E-state index < -0.39 is 12.1 Å². The third-order valence-corrected chi connectivity index (χ3v) is 3.07. The number of carbonyl (C=O) groups excluding carboxylic acids is 1. The fourth-order valence-electron chi connectivity index (χ4n) is 2.28. The minimum atomic E-state index is -4.73. The van der Waals surface area contributed by atoms with E-state index in [-0.39, 0.29) is 25.0 Å². The molecule has 6 heteroatoms. The Morgan fingerprint density at radius 1 is 1.27 bits per heavy atom. The number of piperidine rings is 1. The standard InChI is InChI=1S/C9H13F3N2O/c10-9(11,12)8(15)14-4-6-1-2-7(5-14)13-3-6/h6-7,13H,1-5H2. The molecule has 1 amide bonds. The van der Waals surface area contributed by atoms with Gasteiger partial charge in [-0.05, 0) is 25.3 Å². The lowest BCUT2D eigenvalue weighted by atomic mass is 9.97. The van der Waals surface area contributed by atoms with Crippen molar-refractivity contribution in [1.82, 2.24) is 10.2 Å². The van der Waals surface area contributed by atoms with E-state index >= 15 is 0 Å². The fourth-order valence-corrected chi connectivity index (χ4v) is 2.28. The van der Waals surface area contributed by atoms with Crippen LogP contribution >= 0.6 is 0 Å². The first kappa shape index (κ1) is 10.7. The van der Waals surface area contributed by atoms with Crippen molar-refractivity contribution < 1.29 is 18.0 Å². The minimum Gasteiger partial charge on any atom is -0.333 e. The number of alkyl halides is 3. The summed E-state index contributed by atoms with van der Waals surface area (Å²) >= 11 is 0. The molecule has 3 rings (SSSR count). The molecule has 3 nitrogen and oxygen atoms in total. The maximum atomic E-state index is 12.2. The first-order valence-corrected chi connectivity index (χ1v) is 5.06. The van der Waals surface area contributed by atoms with Crippen LogP contribution in [0.5, 0.6) is 0 Å². The maximum absolute atomic E-state index is 12.2. The van der Waals surface area contributed by atoms with E-state index in [2.05, 4.69) is 5.32 Å². The molecule has 2 atom stereocenters. The molecule has 0 radical (unpaired) electrons. The van der Waals surface area contributed by atoms with Crippen molar-refractivity contribution in [3.63, 3.8) is 0 Å². The molecule has 3 saturated heterocycles. The molecule has 0 aliphatic carbocycles. The number of halogens is 3. The van der Waals surface area contributed by atoms with E-state index in [1.807, 2.05) is 0 Å². The van der Waals surface area contributed by atoms with Gasteiger partial charge in [0.25, 0.3) is 0 Å². The van der Waals surface area contributed by atoms with E-state index in [0.717, 1.165) is 24.3 Å². The molecule has 3 aliphatic rings. The Morgan fingerprint density at radius 3 is 2.53 bits per heavy atom. The summed E-state index contributed by atoms with van der Waals surface area (Å²) in [6, 6.07) is 0.0371. The van der Waals surface area contributed by atoms with Crippen molar-refractivity contribution in [2.45, 2.75) is 25.1 Å². The second-order valence-corrected chi connectivity index (χ2v) is 4.26. The molecule has 0 spiro atoms. The fraction of sp³-hybridized carbons (Fsp3) is 0.889. The van der Waals surface area contributed by atoms with Crippen LogP contribution in [0.25, 0.3) is 0 Å². The lowest BCUT2D eigenvalue weighted by Gasteiger charge is -2.23. The summed E-state index contributed by atoms with van der Waals surface area (Å²) in [6.45, 7) is 1.16. The molecule has 3 fully saturated rings. The summed E-state index contributed by atoms with van der Waals surface area (Å²) in [6.07, 6.45) is -2.95. The molecular weight excluding hydrogens is 209 g/mol. The Labute approximate surface area is 85.6 Å². The average Bonchev–Trinajstić information content (AvgIpc) is 2.47. The molecule has 0 saturated carbocycles. The molecule has 0 aromatic heterocycles. The number of fused-ring (bicyclic) bond motifs is 4.